The molecule has 0 bridgehead atoms. The molecule has 0 aliphatic heterocycles. The zero-order valence-electron chi connectivity index (χ0n) is 16.2. The molecule has 0 aromatic heterocycles. The van der Waals surface area contributed by atoms with Gasteiger partial charge in [-0.05, 0) is 41.7 Å². The normalized spacial score (nSPS) is 13.8. The SMILES string of the molecule is CC(NCC(O)Cc1ccccc1)c1ccc(-c2ccccc2C(F)(F)F)cc1. The quantitative estimate of drug-likeness (QED) is 0.540. The van der Waals surface area contributed by atoms with Crippen LogP contribution in [0.3, 0.4) is 0 Å². The Balaban J connectivity index is 1.63. The Labute approximate surface area is 169 Å². The fraction of sp³-hybridized carbons (Fsp3) is 0.250. The first kappa shape index (κ1) is 21.1. The number of hydrogen-bond acceptors (Lipinski definition) is 2. The zero-order valence-corrected chi connectivity index (χ0v) is 16.2. The fourth-order valence-electron chi connectivity index (χ4n) is 3.32. The van der Waals surface area contributed by atoms with E-state index in [9.17, 15) is 18.3 Å². The molecule has 0 saturated heterocycles. The van der Waals surface area contributed by atoms with Gasteiger partial charge in [0.2, 0.25) is 0 Å². The van der Waals surface area contributed by atoms with Gasteiger partial charge in [-0.15, -0.1) is 0 Å². The van der Waals surface area contributed by atoms with E-state index >= 15 is 0 Å². The van der Waals surface area contributed by atoms with Gasteiger partial charge in [-0.25, -0.2) is 0 Å². The van der Waals surface area contributed by atoms with Gasteiger partial charge < -0.3 is 10.4 Å². The van der Waals surface area contributed by atoms with E-state index < -0.39 is 17.8 Å². The van der Waals surface area contributed by atoms with Crippen molar-refractivity contribution in [3.63, 3.8) is 0 Å². The predicted octanol–water partition coefficient (Wildman–Crippen LogP) is 5.63. The van der Waals surface area contributed by atoms with Crippen molar-refractivity contribution in [2.45, 2.75) is 31.7 Å². The molecule has 2 atom stereocenters. The van der Waals surface area contributed by atoms with Crippen LogP contribution in [0.25, 0.3) is 11.1 Å². The average molecular weight is 399 g/mol. The van der Waals surface area contributed by atoms with Gasteiger partial charge >= 0.3 is 6.18 Å². The van der Waals surface area contributed by atoms with Gasteiger partial charge in [0.1, 0.15) is 0 Å². The molecule has 0 aliphatic carbocycles. The van der Waals surface area contributed by atoms with Crippen LogP contribution in [0, 0.1) is 0 Å². The Morgan fingerprint density at radius 1 is 0.862 bits per heavy atom. The Morgan fingerprint density at radius 2 is 1.48 bits per heavy atom. The third kappa shape index (κ3) is 5.68. The molecule has 0 fully saturated rings. The summed E-state index contributed by atoms with van der Waals surface area (Å²) in [5.41, 5.74) is 2.08. The van der Waals surface area contributed by atoms with Gasteiger partial charge in [0.05, 0.1) is 11.7 Å². The maximum absolute atomic E-state index is 13.2. The highest BCUT2D eigenvalue weighted by molar-refractivity contribution is 5.68. The van der Waals surface area contributed by atoms with E-state index in [4.69, 9.17) is 0 Å². The fourth-order valence-corrected chi connectivity index (χ4v) is 3.32. The van der Waals surface area contributed by atoms with E-state index in [2.05, 4.69) is 5.32 Å². The Kier molecular flexibility index (Phi) is 6.72. The third-order valence-corrected chi connectivity index (χ3v) is 4.93. The van der Waals surface area contributed by atoms with Gasteiger partial charge in [0, 0.05) is 12.6 Å². The van der Waals surface area contributed by atoms with Crippen molar-refractivity contribution in [2.75, 3.05) is 6.54 Å². The molecule has 2 nitrogen and oxygen atoms in total. The molecular weight excluding hydrogens is 375 g/mol. The second-order valence-corrected chi connectivity index (χ2v) is 7.14. The molecule has 0 saturated carbocycles. The van der Waals surface area contributed by atoms with Crippen LogP contribution in [0.1, 0.15) is 29.7 Å². The molecule has 0 amide bonds. The summed E-state index contributed by atoms with van der Waals surface area (Å²) < 4.78 is 39.7. The number of rotatable bonds is 7. The molecule has 3 aromatic carbocycles. The first-order valence-electron chi connectivity index (χ1n) is 9.56. The monoisotopic (exact) mass is 399 g/mol. The maximum Gasteiger partial charge on any atom is 0.417 e. The van der Waals surface area contributed by atoms with Crippen LogP contribution in [0.15, 0.2) is 78.9 Å². The summed E-state index contributed by atoms with van der Waals surface area (Å²) in [5, 5.41) is 13.5. The first-order valence-corrected chi connectivity index (χ1v) is 9.56. The highest BCUT2D eigenvalue weighted by Gasteiger charge is 2.33. The third-order valence-electron chi connectivity index (χ3n) is 4.93. The number of nitrogens with one attached hydrogen (secondary N) is 1. The van der Waals surface area contributed by atoms with Crippen molar-refractivity contribution in [3.8, 4) is 11.1 Å². The minimum atomic E-state index is -4.39. The van der Waals surface area contributed by atoms with Crippen LogP contribution in [0.4, 0.5) is 13.2 Å². The van der Waals surface area contributed by atoms with E-state index in [0.717, 1.165) is 17.2 Å². The van der Waals surface area contributed by atoms with Gasteiger partial charge in [0.25, 0.3) is 0 Å². The number of hydrogen-bond donors (Lipinski definition) is 2. The summed E-state index contributed by atoms with van der Waals surface area (Å²) in [4.78, 5) is 0. The van der Waals surface area contributed by atoms with E-state index in [-0.39, 0.29) is 11.6 Å². The lowest BCUT2D eigenvalue weighted by Gasteiger charge is -2.18. The van der Waals surface area contributed by atoms with Crippen molar-refractivity contribution in [2.24, 2.45) is 0 Å². The van der Waals surface area contributed by atoms with Crippen LogP contribution in [-0.4, -0.2) is 17.8 Å². The highest BCUT2D eigenvalue weighted by Crippen LogP contribution is 2.37. The van der Waals surface area contributed by atoms with Crippen LogP contribution in [0.2, 0.25) is 0 Å². The lowest BCUT2D eigenvalue weighted by atomic mass is 9.97. The van der Waals surface area contributed by atoms with Crippen molar-refractivity contribution < 1.29 is 18.3 Å². The number of aliphatic hydroxyl groups excluding tert-OH is 1. The predicted molar refractivity (Wildman–Crippen MR) is 109 cm³/mol. The molecule has 29 heavy (non-hydrogen) atoms. The molecule has 3 aromatic rings. The van der Waals surface area contributed by atoms with E-state index in [1.165, 1.54) is 12.1 Å². The van der Waals surface area contributed by atoms with Gasteiger partial charge in [-0.2, -0.15) is 13.2 Å². The smallest absolute Gasteiger partial charge is 0.391 e. The molecule has 0 spiro atoms. The molecule has 3 rings (SSSR count). The van der Waals surface area contributed by atoms with Crippen molar-refractivity contribution in [1.29, 1.82) is 0 Å². The largest absolute Gasteiger partial charge is 0.417 e. The lowest BCUT2D eigenvalue weighted by Crippen LogP contribution is -2.30. The first-order chi connectivity index (χ1) is 13.8. The van der Waals surface area contributed by atoms with Crippen LogP contribution < -0.4 is 5.32 Å². The second-order valence-electron chi connectivity index (χ2n) is 7.14. The number of halogens is 3. The summed E-state index contributed by atoms with van der Waals surface area (Å²) >= 11 is 0. The van der Waals surface area contributed by atoms with E-state index in [0.29, 0.717) is 18.5 Å². The van der Waals surface area contributed by atoms with Crippen LogP contribution >= 0.6 is 0 Å². The Hall–Kier alpha value is -2.63. The summed E-state index contributed by atoms with van der Waals surface area (Å²) in [7, 11) is 0. The van der Waals surface area contributed by atoms with Crippen molar-refractivity contribution >= 4 is 0 Å². The Morgan fingerprint density at radius 3 is 2.14 bits per heavy atom. The van der Waals surface area contributed by atoms with Gasteiger partial charge in [-0.3, -0.25) is 0 Å². The summed E-state index contributed by atoms with van der Waals surface area (Å²) in [5.74, 6) is 0. The highest BCUT2D eigenvalue weighted by atomic mass is 19.4. The summed E-state index contributed by atoms with van der Waals surface area (Å²) in [6, 6.07) is 22.4. The molecule has 152 valence electrons. The molecule has 0 heterocycles. The standard InChI is InChI=1S/C24H24F3NO/c1-17(28-16-21(29)15-18-7-3-2-4-8-18)19-11-13-20(14-12-19)22-9-5-6-10-23(22)24(25,26)27/h2-14,17,21,28-29H,15-16H2,1H3. The second kappa shape index (κ2) is 9.25. The molecular formula is C24H24F3NO. The lowest BCUT2D eigenvalue weighted by molar-refractivity contribution is -0.137. The summed E-state index contributed by atoms with van der Waals surface area (Å²) in [6.45, 7) is 2.39. The maximum atomic E-state index is 13.2. The minimum Gasteiger partial charge on any atom is -0.391 e. The minimum absolute atomic E-state index is 0.0349. The zero-order chi connectivity index (χ0) is 20.9. The Bertz CT molecular complexity index is 907. The van der Waals surface area contributed by atoms with Gasteiger partial charge in [0.15, 0.2) is 0 Å². The topological polar surface area (TPSA) is 32.3 Å². The van der Waals surface area contributed by atoms with Crippen LogP contribution in [-0.2, 0) is 12.6 Å². The molecule has 5 heteroatoms. The number of benzene rings is 3. The molecule has 2 N–H and O–H groups in total. The van der Waals surface area contributed by atoms with E-state index in [1.807, 2.05) is 49.4 Å². The number of alkyl halides is 3. The molecule has 0 aliphatic rings. The van der Waals surface area contributed by atoms with Crippen molar-refractivity contribution in [3.05, 3.63) is 95.6 Å². The van der Waals surface area contributed by atoms with Gasteiger partial charge in [-0.1, -0.05) is 72.8 Å². The summed E-state index contributed by atoms with van der Waals surface area (Å²) in [6.07, 6.45) is -4.34. The average Bonchev–Trinajstić information content (AvgIpc) is 2.72. The van der Waals surface area contributed by atoms with Crippen LogP contribution in [0.5, 0.6) is 0 Å². The number of aliphatic hydroxyl groups is 1. The van der Waals surface area contributed by atoms with E-state index in [1.54, 1.807) is 18.2 Å². The molecule has 0 radical (unpaired) electrons. The molecule has 2 unspecified atom stereocenters. The van der Waals surface area contributed by atoms with Crippen molar-refractivity contribution in [1.82, 2.24) is 5.32 Å².